The van der Waals surface area contributed by atoms with E-state index in [1.54, 1.807) is 6.92 Å². The van der Waals surface area contributed by atoms with Crippen LogP contribution in [0.1, 0.15) is 32.8 Å². The summed E-state index contributed by atoms with van der Waals surface area (Å²) in [7, 11) is 0. The molecular weight excluding hydrogens is 374 g/mol. The summed E-state index contributed by atoms with van der Waals surface area (Å²) < 4.78 is 7.54. The summed E-state index contributed by atoms with van der Waals surface area (Å²) >= 11 is 7.04. The number of hydrogen-bond acceptors (Lipinski definition) is 3. The SMILES string of the molecule is CCCNCc1cc(Br)c(OC(C)C(C)O)c(Br)c1. The molecule has 0 heterocycles. The van der Waals surface area contributed by atoms with E-state index < -0.39 is 6.10 Å². The number of halogens is 2. The van der Waals surface area contributed by atoms with E-state index in [1.165, 1.54) is 5.56 Å². The second-order valence-corrected chi connectivity index (χ2v) is 6.34. The highest BCUT2D eigenvalue weighted by molar-refractivity contribution is 9.11. The van der Waals surface area contributed by atoms with Gasteiger partial charge < -0.3 is 15.2 Å². The zero-order valence-corrected chi connectivity index (χ0v) is 14.7. The van der Waals surface area contributed by atoms with Gasteiger partial charge in [0.25, 0.3) is 0 Å². The van der Waals surface area contributed by atoms with Crippen molar-refractivity contribution < 1.29 is 9.84 Å². The van der Waals surface area contributed by atoms with Crippen molar-refractivity contribution in [3.8, 4) is 5.75 Å². The minimum atomic E-state index is -0.510. The summed E-state index contributed by atoms with van der Waals surface area (Å²) in [6, 6.07) is 4.08. The third-order valence-corrected chi connectivity index (χ3v) is 3.98. The largest absolute Gasteiger partial charge is 0.486 e. The van der Waals surface area contributed by atoms with Gasteiger partial charge in [-0.25, -0.2) is 0 Å². The summed E-state index contributed by atoms with van der Waals surface area (Å²) in [6.07, 6.45) is 0.358. The Morgan fingerprint density at radius 1 is 1.26 bits per heavy atom. The Labute approximate surface area is 132 Å². The molecule has 5 heteroatoms. The van der Waals surface area contributed by atoms with Crippen LogP contribution in [0, 0.1) is 0 Å². The van der Waals surface area contributed by atoms with Crippen LogP contribution in [0.5, 0.6) is 5.75 Å². The van der Waals surface area contributed by atoms with Crippen LogP contribution in [0.25, 0.3) is 0 Å². The molecule has 0 radical (unpaired) electrons. The third-order valence-electron chi connectivity index (χ3n) is 2.80. The number of ether oxygens (including phenoxy) is 1. The molecule has 0 aromatic heterocycles. The molecule has 2 atom stereocenters. The summed E-state index contributed by atoms with van der Waals surface area (Å²) in [4.78, 5) is 0. The first-order chi connectivity index (χ1) is 8.95. The Morgan fingerprint density at radius 3 is 2.32 bits per heavy atom. The standard InChI is InChI=1S/C14H21Br2NO2/c1-4-5-17-8-11-6-12(15)14(13(16)7-11)19-10(3)9(2)18/h6-7,9-10,17-18H,4-5,8H2,1-3H3. The Balaban J connectivity index is 2.79. The van der Waals surface area contributed by atoms with Gasteiger partial charge in [-0.05, 0) is 76.4 Å². The number of benzene rings is 1. The Bertz CT molecular complexity index is 387. The van der Waals surface area contributed by atoms with E-state index >= 15 is 0 Å². The Hall–Kier alpha value is -0.100. The molecule has 108 valence electrons. The van der Waals surface area contributed by atoms with E-state index in [-0.39, 0.29) is 6.10 Å². The molecule has 0 aliphatic carbocycles. The number of hydrogen-bond donors (Lipinski definition) is 2. The normalized spacial score (nSPS) is 14.2. The van der Waals surface area contributed by atoms with Crippen molar-refractivity contribution >= 4 is 31.9 Å². The highest BCUT2D eigenvalue weighted by Gasteiger charge is 2.15. The van der Waals surface area contributed by atoms with Crippen LogP contribution in [0.2, 0.25) is 0 Å². The lowest BCUT2D eigenvalue weighted by atomic mass is 10.2. The van der Waals surface area contributed by atoms with Crippen molar-refractivity contribution in [2.45, 2.75) is 45.9 Å². The van der Waals surface area contributed by atoms with Gasteiger partial charge in [-0.3, -0.25) is 0 Å². The molecule has 0 spiro atoms. The zero-order valence-electron chi connectivity index (χ0n) is 11.5. The summed E-state index contributed by atoms with van der Waals surface area (Å²) in [6.45, 7) is 7.55. The van der Waals surface area contributed by atoms with Crippen LogP contribution in [0.4, 0.5) is 0 Å². The number of aliphatic hydroxyl groups is 1. The van der Waals surface area contributed by atoms with Crippen molar-refractivity contribution in [3.05, 3.63) is 26.6 Å². The fourth-order valence-electron chi connectivity index (χ4n) is 1.52. The maximum atomic E-state index is 9.50. The van der Waals surface area contributed by atoms with E-state index in [1.807, 2.05) is 19.1 Å². The van der Waals surface area contributed by atoms with Gasteiger partial charge >= 0.3 is 0 Å². The fraction of sp³-hybridized carbons (Fsp3) is 0.571. The number of rotatable bonds is 7. The topological polar surface area (TPSA) is 41.5 Å². The first-order valence-electron chi connectivity index (χ1n) is 6.49. The van der Waals surface area contributed by atoms with Gasteiger partial charge in [0.1, 0.15) is 11.9 Å². The highest BCUT2D eigenvalue weighted by Crippen LogP contribution is 2.35. The van der Waals surface area contributed by atoms with Gasteiger partial charge in [0.15, 0.2) is 0 Å². The molecule has 1 aromatic rings. The van der Waals surface area contributed by atoms with E-state index in [0.717, 1.165) is 34.2 Å². The minimum absolute atomic E-state index is 0.253. The van der Waals surface area contributed by atoms with Crippen LogP contribution in [0.15, 0.2) is 21.1 Å². The monoisotopic (exact) mass is 393 g/mol. The van der Waals surface area contributed by atoms with Crippen LogP contribution >= 0.6 is 31.9 Å². The molecule has 1 rings (SSSR count). The second kappa shape index (κ2) is 8.25. The lowest BCUT2D eigenvalue weighted by molar-refractivity contribution is 0.0594. The van der Waals surface area contributed by atoms with Crippen LogP contribution in [-0.2, 0) is 6.54 Å². The summed E-state index contributed by atoms with van der Waals surface area (Å²) in [5.41, 5.74) is 1.18. The molecule has 1 aromatic carbocycles. The van der Waals surface area contributed by atoms with Crippen molar-refractivity contribution in [3.63, 3.8) is 0 Å². The van der Waals surface area contributed by atoms with E-state index in [0.29, 0.717) is 0 Å². The third kappa shape index (κ3) is 5.42. The minimum Gasteiger partial charge on any atom is -0.486 e. The lowest BCUT2D eigenvalue weighted by Crippen LogP contribution is -2.26. The van der Waals surface area contributed by atoms with Gasteiger partial charge in [-0.1, -0.05) is 6.92 Å². The van der Waals surface area contributed by atoms with E-state index in [2.05, 4.69) is 44.1 Å². The van der Waals surface area contributed by atoms with Crippen molar-refractivity contribution in [2.75, 3.05) is 6.54 Å². The highest BCUT2D eigenvalue weighted by atomic mass is 79.9. The van der Waals surface area contributed by atoms with Crippen LogP contribution < -0.4 is 10.1 Å². The quantitative estimate of drug-likeness (QED) is 0.690. The Morgan fingerprint density at radius 2 is 1.84 bits per heavy atom. The zero-order chi connectivity index (χ0) is 14.4. The molecule has 2 N–H and O–H groups in total. The van der Waals surface area contributed by atoms with Gasteiger partial charge in [-0.2, -0.15) is 0 Å². The van der Waals surface area contributed by atoms with E-state index in [9.17, 15) is 5.11 Å². The van der Waals surface area contributed by atoms with Gasteiger partial charge in [0, 0.05) is 6.54 Å². The first kappa shape index (κ1) is 17.0. The molecule has 19 heavy (non-hydrogen) atoms. The summed E-state index contributed by atoms with van der Waals surface area (Å²) in [5, 5.41) is 12.9. The lowest BCUT2D eigenvalue weighted by Gasteiger charge is -2.20. The number of aliphatic hydroxyl groups excluding tert-OH is 1. The first-order valence-corrected chi connectivity index (χ1v) is 8.07. The maximum absolute atomic E-state index is 9.50. The molecule has 0 aliphatic rings. The van der Waals surface area contributed by atoms with Crippen LogP contribution in [-0.4, -0.2) is 23.9 Å². The predicted octanol–water partition coefficient (Wildman–Crippen LogP) is 3.86. The average Bonchev–Trinajstić information content (AvgIpc) is 2.33. The average molecular weight is 395 g/mol. The molecular formula is C14H21Br2NO2. The fourth-order valence-corrected chi connectivity index (χ4v) is 2.99. The van der Waals surface area contributed by atoms with Gasteiger partial charge in [0.2, 0.25) is 0 Å². The molecule has 3 nitrogen and oxygen atoms in total. The van der Waals surface area contributed by atoms with E-state index in [4.69, 9.17) is 4.74 Å². The second-order valence-electron chi connectivity index (χ2n) is 4.63. The van der Waals surface area contributed by atoms with Crippen LogP contribution in [0.3, 0.4) is 0 Å². The molecule has 0 aliphatic heterocycles. The van der Waals surface area contributed by atoms with Crippen molar-refractivity contribution in [1.29, 1.82) is 0 Å². The van der Waals surface area contributed by atoms with Gasteiger partial charge in [-0.15, -0.1) is 0 Å². The van der Waals surface area contributed by atoms with Crippen molar-refractivity contribution in [1.82, 2.24) is 5.32 Å². The maximum Gasteiger partial charge on any atom is 0.148 e. The molecule has 0 amide bonds. The predicted molar refractivity (Wildman–Crippen MR) is 85.6 cm³/mol. The summed E-state index contributed by atoms with van der Waals surface area (Å²) in [5.74, 6) is 0.729. The molecule has 0 saturated carbocycles. The van der Waals surface area contributed by atoms with Crippen molar-refractivity contribution in [2.24, 2.45) is 0 Å². The smallest absolute Gasteiger partial charge is 0.148 e. The molecule has 0 bridgehead atoms. The molecule has 2 unspecified atom stereocenters. The number of nitrogens with one attached hydrogen (secondary N) is 1. The molecule has 0 saturated heterocycles. The molecule has 0 fully saturated rings. The Kier molecular flexibility index (Phi) is 7.36. The van der Waals surface area contributed by atoms with Gasteiger partial charge in [0.05, 0.1) is 15.0 Å².